The van der Waals surface area contributed by atoms with Crippen LogP contribution in [0.15, 0.2) is 64.0 Å². The van der Waals surface area contributed by atoms with E-state index < -0.39 is 10.0 Å². The summed E-state index contributed by atoms with van der Waals surface area (Å²) in [5, 5.41) is 3.00. The number of nitrogens with one attached hydrogen (secondary N) is 1. The second kappa shape index (κ2) is 9.17. The molecule has 6 nitrogen and oxygen atoms in total. The summed E-state index contributed by atoms with van der Waals surface area (Å²) in [4.78, 5) is 14.6. The molecule has 0 saturated carbocycles. The van der Waals surface area contributed by atoms with E-state index in [1.165, 1.54) is 4.31 Å². The number of hydrogen-bond donors (Lipinski definition) is 1. The van der Waals surface area contributed by atoms with Gasteiger partial charge in [0.25, 0.3) is 0 Å². The Morgan fingerprint density at radius 3 is 2.25 bits per heavy atom. The Morgan fingerprint density at radius 1 is 1.04 bits per heavy atom. The fraction of sp³-hybridized carbons (Fsp3) is 0.350. The van der Waals surface area contributed by atoms with Gasteiger partial charge in [0.05, 0.1) is 17.5 Å². The first-order valence-corrected chi connectivity index (χ1v) is 11.4. The van der Waals surface area contributed by atoms with E-state index in [2.05, 4.69) is 21.2 Å². The van der Waals surface area contributed by atoms with Crippen LogP contribution in [0, 0.1) is 0 Å². The summed E-state index contributed by atoms with van der Waals surface area (Å²) in [5.41, 5.74) is 1.06. The first-order chi connectivity index (χ1) is 13.4. The SMILES string of the molecule is C[C@H](NC(=O)CN1CCN(S(=O)(=O)c2ccc(Br)cc2)CC1)c1ccccc1. The highest BCUT2D eigenvalue weighted by atomic mass is 79.9. The molecule has 150 valence electrons. The summed E-state index contributed by atoms with van der Waals surface area (Å²) >= 11 is 3.32. The third-order valence-electron chi connectivity index (χ3n) is 4.83. The van der Waals surface area contributed by atoms with E-state index in [1.807, 2.05) is 42.2 Å². The first kappa shape index (κ1) is 21.0. The van der Waals surface area contributed by atoms with Gasteiger partial charge in [-0.25, -0.2) is 8.42 Å². The van der Waals surface area contributed by atoms with E-state index in [0.29, 0.717) is 31.1 Å². The molecule has 1 aliphatic rings. The van der Waals surface area contributed by atoms with Crippen molar-refractivity contribution in [2.45, 2.75) is 17.9 Å². The fourth-order valence-electron chi connectivity index (χ4n) is 3.20. The predicted molar refractivity (Wildman–Crippen MR) is 112 cm³/mol. The molecular formula is C20H24BrN3O3S. The van der Waals surface area contributed by atoms with Crippen molar-refractivity contribution in [3.63, 3.8) is 0 Å². The Morgan fingerprint density at radius 2 is 1.64 bits per heavy atom. The van der Waals surface area contributed by atoms with E-state index in [4.69, 9.17) is 0 Å². The van der Waals surface area contributed by atoms with E-state index in [0.717, 1.165) is 10.0 Å². The standard InChI is InChI=1S/C20H24BrN3O3S/c1-16(17-5-3-2-4-6-17)22-20(25)15-23-11-13-24(14-12-23)28(26,27)19-9-7-18(21)8-10-19/h2-10,16H,11-15H2,1H3,(H,22,25)/t16-/m0/s1. The molecule has 1 amide bonds. The molecular weight excluding hydrogens is 442 g/mol. The van der Waals surface area contributed by atoms with E-state index in [-0.39, 0.29) is 18.5 Å². The van der Waals surface area contributed by atoms with Crippen LogP contribution in [-0.4, -0.2) is 56.3 Å². The number of carbonyl (C=O) groups excluding carboxylic acids is 1. The van der Waals surface area contributed by atoms with Crippen LogP contribution in [0.3, 0.4) is 0 Å². The maximum Gasteiger partial charge on any atom is 0.243 e. The van der Waals surface area contributed by atoms with Crippen molar-refractivity contribution < 1.29 is 13.2 Å². The van der Waals surface area contributed by atoms with Crippen LogP contribution in [0.1, 0.15) is 18.5 Å². The van der Waals surface area contributed by atoms with Crippen LogP contribution in [0.5, 0.6) is 0 Å². The average molecular weight is 466 g/mol. The third-order valence-corrected chi connectivity index (χ3v) is 7.27. The van der Waals surface area contributed by atoms with Crippen LogP contribution in [0.2, 0.25) is 0 Å². The second-order valence-electron chi connectivity index (χ2n) is 6.83. The van der Waals surface area contributed by atoms with Gasteiger partial charge >= 0.3 is 0 Å². The number of carbonyl (C=O) groups is 1. The number of halogens is 1. The molecule has 8 heteroatoms. The molecule has 1 heterocycles. The van der Waals surface area contributed by atoms with Crippen molar-refractivity contribution in [1.29, 1.82) is 0 Å². The molecule has 2 aromatic rings. The summed E-state index contributed by atoms with van der Waals surface area (Å²) < 4.78 is 27.8. The van der Waals surface area contributed by atoms with Gasteiger partial charge in [-0.1, -0.05) is 46.3 Å². The Bertz CT molecular complexity index is 896. The molecule has 1 fully saturated rings. The van der Waals surface area contributed by atoms with E-state index in [1.54, 1.807) is 24.3 Å². The number of hydrogen-bond acceptors (Lipinski definition) is 4. The first-order valence-electron chi connectivity index (χ1n) is 9.18. The Labute approximate surface area is 174 Å². The topological polar surface area (TPSA) is 69.7 Å². The van der Waals surface area contributed by atoms with Crippen LogP contribution in [-0.2, 0) is 14.8 Å². The Balaban J connectivity index is 1.51. The molecule has 1 atom stereocenters. The van der Waals surface area contributed by atoms with Crippen molar-refractivity contribution in [2.75, 3.05) is 32.7 Å². The number of benzene rings is 2. The van der Waals surface area contributed by atoms with Crippen molar-refractivity contribution in [1.82, 2.24) is 14.5 Å². The molecule has 0 spiro atoms. The molecule has 1 N–H and O–H groups in total. The molecule has 0 aliphatic carbocycles. The minimum absolute atomic E-state index is 0.0550. The van der Waals surface area contributed by atoms with Gasteiger partial charge < -0.3 is 5.32 Å². The van der Waals surface area contributed by atoms with Gasteiger partial charge in [-0.05, 0) is 36.8 Å². The molecule has 28 heavy (non-hydrogen) atoms. The molecule has 0 aromatic heterocycles. The summed E-state index contributed by atoms with van der Waals surface area (Å²) in [7, 11) is -3.50. The van der Waals surface area contributed by atoms with Crippen molar-refractivity contribution in [3.8, 4) is 0 Å². The average Bonchev–Trinajstić information content (AvgIpc) is 2.69. The Hall–Kier alpha value is -1.74. The largest absolute Gasteiger partial charge is 0.348 e. The number of piperazine rings is 1. The monoisotopic (exact) mass is 465 g/mol. The van der Waals surface area contributed by atoms with Crippen LogP contribution in [0.25, 0.3) is 0 Å². The zero-order valence-corrected chi connectivity index (χ0v) is 18.1. The number of sulfonamides is 1. The summed E-state index contributed by atoms with van der Waals surface area (Å²) in [5.74, 6) is -0.0550. The second-order valence-corrected chi connectivity index (χ2v) is 9.69. The number of amides is 1. The molecule has 0 unspecified atom stereocenters. The van der Waals surface area contributed by atoms with Gasteiger partial charge in [0.1, 0.15) is 0 Å². The zero-order chi connectivity index (χ0) is 20.1. The van der Waals surface area contributed by atoms with Gasteiger partial charge in [0.2, 0.25) is 15.9 Å². The zero-order valence-electron chi connectivity index (χ0n) is 15.7. The predicted octanol–water partition coefficient (Wildman–Crippen LogP) is 2.63. The maximum absolute atomic E-state index is 12.7. The molecule has 2 aromatic carbocycles. The van der Waals surface area contributed by atoms with Crippen molar-refractivity contribution >= 4 is 31.9 Å². The van der Waals surface area contributed by atoms with Crippen LogP contribution < -0.4 is 5.32 Å². The minimum Gasteiger partial charge on any atom is -0.348 e. The van der Waals surface area contributed by atoms with Crippen LogP contribution >= 0.6 is 15.9 Å². The van der Waals surface area contributed by atoms with Crippen molar-refractivity contribution in [3.05, 3.63) is 64.6 Å². The molecule has 1 aliphatic heterocycles. The van der Waals surface area contributed by atoms with Gasteiger partial charge in [0, 0.05) is 30.7 Å². The summed E-state index contributed by atoms with van der Waals surface area (Å²) in [6, 6.07) is 16.4. The lowest BCUT2D eigenvalue weighted by Crippen LogP contribution is -2.51. The van der Waals surface area contributed by atoms with Gasteiger partial charge in [-0.3, -0.25) is 9.69 Å². The molecule has 0 radical (unpaired) electrons. The molecule has 3 rings (SSSR count). The fourth-order valence-corrected chi connectivity index (χ4v) is 4.89. The third kappa shape index (κ3) is 5.20. The highest BCUT2D eigenvalue weighted by Gasteiger charge is 2.29. The molecule has 1 saturated heterocycles. The van der Waals surface area contributed by atoms with Crippen molar-refractivity contribution in [2.24, 2.45) is 0 Å². The smallest absolute Gasteiger partial charge is 0.243 e. The van der Waals surface area contributed by atoms with Gasteiger partial charge in [0.15, 0.2) is 0 Å². The normalized spacial score (nSPS) is 17.2. The van der Waals surface area contributed by atoms with Crippen LogP contribution in [0.4, 0.5) is 0 Å². The highest BCUT2D eigenvalue weighted by molar-refractivity contribution is 9.10. The highest BCUT2D eigenvalue weighted by Crippen LogP contribution is 2.20. The summed E-state index contributed by atoms with van der Waals surface area (Å²) in [6.07, 6.45) is 0. The lowest BCUT2D eigenvalue weighted by atomic mass is 10.1. The lowest BCUT2D eigenvalue weighted by molar-refractivity contribution is -0.123. The Kier molecular flexibility index (Phi) is 6.87. The number of nitrogens with zero attached hydrogens (tertiary/aromatic N) is 2. The lowest BCUT2D eigenvalue weighted by Gasteiger charge is -2.33. The van der Waals surface area contributed by atoms with Gasteiger partial charge in [-0.15, -0.1) is 0 Å². The maximum atomic E-state index is 12.7. The van der Waals surface area contributed by atoms with Gasteiger partial charge in [-0.2, -0.15) is 4.31 Å². The number of rotatable bonds is 6. The summed E-state index contributed by atoms with van der Waals surface area (Å²) in [6.45, 7) is 4.03. The van der Waals surface area contributed by atoms with E-state index in [9.17, 15) is 13.2 Å². The quantitative estimate of drug-likeness (QED) is 0.711. The minimum atomic E-state index is -3.50. The molecule has 0 bridgehead atoms. The van der Waals surface area contributed by atoms with E-state index >= 15 is 0 Å².